The highest BCUT2D eigenvalue weighted by atomic mass is 32.2. The molecular weight excluding hydrogens is 412 g/mol. The second kappa shape index (κ2) is 8.00. The number of fused-ring (bicyclic) bond motifs is 1. The van der Waals surface area contributed by atoms with Crippen molar-refractivity contribution in [1.29, 1.82) is 0 Å². The van der Waals surface area contributed by atoms with Gasteiger partial charge in [-0.3, -0.25) is 4.79 Å². The number of carbonyl (C=O) groups excluding carboxylic acids is 1. The number of benzene rings is 3. The van der Waals surface area contributed by atoms with Crippen LogP contribution >= 0.6 is 0 Å². The van der Waals surface area contributed by atoms with E-state index in [4.69, 9.17) is 0 Å². The maximum atomic E-state index is 13.5. The van der Waals surface area contributed by atoms with Gasteiger partial charge in [0.05, 0.1) is 21.8 Å². The van der Waals surface area contributed by atoms with Crippen molar-refractivity contribution in [1.82, 2.24) is 8.54 Å². The van der Waals surface area contributed by atoms with E-state index in [0.29, 0.717) is 12.0 Å². The molecule has 4 aromatic rings. The van der Waals surface area contributed by atoms with Crippen molar-refractivity contribution in [3.63, 3.8) is 0 Å². The van der Waals surface area contributed by atoms with Crippen LogP contribution in [-0.4, -0.2) is 22.9 Å². The first-order valence-electron chi connectivity index (χ1n) is 10.0. The van der Waals surface area contributed by atoms with E-state index in [-0.39, 0.29) is 15.9 Å². The van der Waals surface area contributed by atoms with Crippen molar-refractivity contribution in [3.8, 4) is 0 Å². The fourth-order valence-electron chi connectivity index (χ4n) is 3.91. The van der Waals surface area contributed by atoms with Crippen LogP contribution in [0.15, 0.2) is 88.6 Å². The molecule has 7 heteroatoms. The average molecular weight is 435 g/mol. The summed E-state index contributed by atoms with van der Waals surface area (Å²) in [6.45, 7) is 3.54. The van der Waals surface area contributed by atoms with Crippen molar-refractivity contribution < 1.29 is 13.2 Å². The van der Waals surface area contributed by atoms with Crippen LogP contribution in [0.3, 0.4) is 0 Å². The van der Waals surface area contributed by atoms with Crippen LogP contribution in [-0.2, 0) is 10.0 Å². The molecule has 1 unspecified atom stereocenters. The van der Waals surface area contributed by atoms with Gasteiger partial charge < -0.3 is 0 Å². The highest BCUT2D eigenvalue weighted by Gasteiger charge is 2.31. The lowest BCUT2D eigenvalue weighted by Gasteiger charge is -2.14. The molecular formula is C24H22N2O4S. The topological polar surface area (TPSA) is 78.1 Å². The Hall–Kier alpha value is -3.45. The van der Waals surface area contributed by atoms with Crippen molar-refractivity contribution in [2.75, 3.05) is 0 Å². The predicted octanol–water partition coefficient (Wildman–Crippen LogP) is 4.18. The molecule has 1 aromatic heterocycles. The van der Waals surface area contributed by atoms with Gasteiger partial charge in [-0.15, -0.1) is 0 Å². The zero-order chi connectivity index (χ0) is 22.2. The number of carbonyl (C=O) groups is 1. The molecule has 0 saturated heterocycles. The van der Waals surface area contributed by atoms with Crippen LogP contribution in [0.2, 0.25) is 0 Å². The Morgan fingerprint density at radius 1 is 0.871 bits per heavy atom. The Morgan fingerprint density at radius 2 is 1.45 bits per heavy atom. The highest BCUT2D eigenvalue weighted by molar-refractivity contribution is 7.90. The molecule has 0 aliphatic carbocycles. The smallest absolute Gasteiger partial charge is 0.273 e. The first-order chi connectivity index (χ1) is 14.9. The van der Waals surface area contributed by atoms with E-state index in [1.54, 1.807) is 49.4 Å². The molecule has 0 fully saturated rings. The zero-order valence-electron chi connectivity index (χ0n) is 17.2. The molecule has 0 saturated carbocycles. The van der Waals surface area contributed by atoms with E-state index in [0.717, 1.165) is 14.1 Å². The molecule has 0 aliphatic heterocycles. The van der Waals surface area contributed by atoms with Crippen molar-refractivity contribution in [2.24, 2.45) is 0 Å². The number of para-hydroxylation sites is 2. The molecule has 3 aromatic carbocycles. The molecule has 0 bridgehead atoms. The summed E-state index contributed by atoms with van der Waals surface area (Å²) in [7, 11) is -4.21. The van der Waals surface area contributed by atoms with Gasteiger partial charge in [0.25, 0.3) is 10.0 Å². The van der Waals surface area contributed by atoms with Gasteiger partial charge in [0, 0.05) is 0 Å². The predicted molar refractivity (Wildman–Crippen MR) is 120 cm³/mol. The Labute approximate surface area is 180 Å². The van der Waals surface area contributed by atoms with Crippen LogP contribution in [0.5, 0.6) is 0 Å². The van der Waals surface area contributed by atoms with E-state index in [9.17, 15) is 18.0 Å². The first kappa shape index (κ1) is 20.8. The number of aryl methyl sites for hydroxylation is 1. The minimum absolute atomic E-state index is 0.0301. The van der Waals surface area contributed by atoms with E-state index < -0.39 is 27.5 Å². The highest BCUT2D eigenvalue weighted by Crippen LogP contribution is 2.26. The van der Waals surface area contributed by atoms with Gasteiger partial charge in [-0.05, 0) is 42.7 Å². The summed E-state index contributed by atoms with van der Waals surface area (Å²) in [5.41, 5.74) is 0.855. The lowest BCUT2D eigenvalue weighted by molar-refractivity contribution is 0.0876. The molecule has 0 spiro atoms. The second-order valence-electron chi connectivity index (χ2n) is 7.35. The summed E-state index contributed by atoms with van der Waals surface area (Å²) in [6, 6.07) is 22.1. The van der Waals surface area contributed by atoms with Gasteiger partial charge in [0.2, 0.25) is 5.91 Å². The molecule has 0 N–H and O–H groups in total. The number of hydrogen-bond donors (Lipinski definition) is 0. The fourth-order valence-corrected chi connectivity index (χ4v) is 5.53. The van der Waals surface area contributed by atoms with Crippen LogP contribution in [0.4, 0.5) is 0 Å². The minimum atomic E-state index is -4.21. The normalized spacial score (nSPS) is 12.7. The van der Waals surface area contributed by atoms with Gasteiger partial charge in [0.15, 0.2) is 0 Å². The number of rotatable bonds is 5. The molecule has 0 amide bonds. The summed E-state index contributed by atoms with van der Waals surface area (Å²) in [4.78, 5) is 27.0. The second-order valence-corrected chi connectivity index (χ2v) is 9.11. The van der Waals surface area contributed by atoms with Crippen LogP contribution in [0, 0.1) is 6.92 Å². The molecule has 1 atom stereocenters. The maximum absolute atomic E-state index is 13.5. The van der Waals surface area contributed by atoms with Gasteiger partial charge in [-0.25, -0.2) is 17.8 Å². The monoisotopic (exact) mass is 434 g/mol. The Kier molecular flexibility index (Phi) is 5.37. The van der Waals surface area contributed by atoms with E-state index in [2.05, 4.69) is 0 Å². The third-order valence-corrected chi connectivity index (χ3v) is 7.29. The summed E-state index contributed by atoms with van der Waals surface area (Å²) < 4.78 is 28.7. The molecule has 1 heterocycles. The Bertz CT molecular complexity index is 1430. The van der Waals surface area contributed by atoms with Gasteiger partial charge in [-0.2, -0.15) is 3.97 Å². The average Bonchev–Trinajstić information content (AvgIpc) is 3.07. The summed E-state index contributed by atoms with van der Waals surface area (Å²) in [5.74, 6) is -1.02. The van der Waals surface area contributed by atoms with Gasteiger partial charge in [-0.1, -0.05) is 67.6 Å². The van der Waals surface area contributed by atoms with Crippen molar-refractivity contribution >= 4 is 27.0 Å². The van der Waals surface area contributed by atoms with Gasteiger partial charge in [0.1, 0.15) is 0 Å². The largest absolute Gasteiger partial charge is 0.350 e. The molecule has 4 rings (SSSR count). The van der Waals surface area contributed by atoms with Crippen molar-refractivity contribution in [2.45, 2.75) is 31.1 Å². The number of hydrogen-bond acceptors (Lipinski definition) is 4. The number of imidazole rings is 1. The van der Waals surface area contributed by atoms with E-state index in [1.165, 1.54) is 6.07 Å². The molecule has 158 valence electrons. The fraction of sp³-hybridized carbons (Fsp3) is 0.167. The maximum Gasteiger partial charge on any atom is 0.350 e. The number of nitrogens with zero attached hydrogens (tertiary/aromatic N) is 2. The number of aromatic nitrogens is 2. The van der Waals surface area contributed by atoms with Crippen molar-refractivity contribution in [3.05, 3.63) is 100 Å². The summed E-state index contributed by atoms with van der Waals surface area (Å²) in [6.07, 6.45) is 0.472. The molecule has 31 heavy (non-hydrogen) atoms. The summed E-state index contributed by atoms with van der Waals surface area (Å²) in [5, 5.41) is 0. The molecule has 0 aliphatic rings. The lowest BCUT2D eigenvalue weighted by Crippen LogP contribution is -2.35. The molecule has 6 nitrogen and oxygen atoms in total. The minimum Gasteiger partial charge on any atom is -0.273 e. The van der Waals surface area contributed by atoms with E-state index >= 15 is 0 Å². The SMILES string of the molecule is CCC(C(=O)n1c(=O)n(S(=O)(=O)c2ccccc2C)c2ccccc21)c1ccccc1. The lowest BCUT2D eigenvalue weighted by atomic mass is 9.95. The Balaban J connectivity index is 1.98. The van der Waals surface area contributed by atoms with Crippen LogP contribution in [0.25, 0.3) is 11.0 Å². The van der Waals surface area contributed by atoms with Crippen LogP contribution in [0.1, 0.15) is 35.2 Å². The quantitative estimate of drug-likeness (QED) is 0.472. The van der Waals surface area contributed by atoms with Gasteiger partial charge >= 0.3 is 5.69 Å². The molecule has 0 radical (unpaired) electrons. The zero-order valence-corrected chi connectivity index (χ0v) is 18.0. The standard InChI is InChI=1S/C24H22N2O4S/c1-3-19(18-12-5-4-6-13-18)23(27)25-20-14-8-9-15-21(20)26(24(25)28)31(29,30)22-16-10-7-11-17(22)2/h4-16,19H,3H2,1-2H3. The third kappa shape index (κ3) is 3.41. The van der Waals surface area contributed by atoms with Crippen LogP contribution < -0.4 is 5.69 Å². The Morgan fingerprint density at radius 3 is 2.10 bits per heavy atom. The first-order valence-corrected chi connectivity index (χ1v) is 11.4. The summed E-state index contributed by atoms with van der Waals surface area (Å²) >= 11 is 0. The third-order valence-electron chi connectivity index (χ3n) is 5.45. The van der Waals surface area contributed by atoms with E-state index in [1.807, 2.05) is 37.3 Å².